The molecular formula is C22H20N2O5. The summed E-state index contributed by atoms with van der Waals surface area (Å²) in [6.45, 7) is 2.21. The molecule has 0 saturated heterocycles. The van der Waals surface area contributed by atoms with Crippen LogP contribution in [0.5, 0.6) is 11.5 Å². The van der Waals surface area contributed by atoms with E-state index < -0.39 is 4.92 Å². The molecule has 0 heterocycles. The Kier molecular flexibility index (Phi) is 6.09. The number of nitro benzene ring substituents is 1. The van der Waals surface area contributed by atoms with Gasteiger partial charge >= 0.3 is 0 Å². The van der Waals surface area contributed by atoms with Crippen molar-refractivity contribution in [2.75, 3.05) is 12.4 Å². The summed E-state index contributed by atoms with van der Waals surface area (Å²) < 4.78 is 11.2. The average molecular weight is 392 g/mol. The maximum Gasteiger partial charge on any atom is 0.271 e. The summed E-state index contributed by atoms with van der Waals surface area (Å²) in [6, 6.07) is 18.5. The highest BCUT2D eigenvalue weighted by Crippen LogP contribution is 2.24. The standard InChI is InChI=1S/C22H20N2O5/c1-15-5-3-8-20(11-15)29-14-17-12-16(9-10-21(17)28-2)22(25)23-18-6-4-7-19(13-18)24(26)27/h3-13H,14H2,1-2H3,(H,23,25). The van der Waals surface area contributed by atoms with Crippen LogP contribution >= 0.6 is 0 Å². The number of benzene rings is 3. The number of methoxy groups -OCH3 is 1. The molecule has 1 amide bonds. The monoisotopic (exact) mass is 392 g/mol. The van der Waals surface area contributed by atoms with Gasteiger partial charge in [-0.05, 0) is 48.9 Å². The summed E-state index contributed by atoms with van der Waals surface area (Å²) >= 11 is 0. The van der Waals surface area contributed by atoms with E-state index in [0.717, 1.165) is 11.3 Å². The normalized spacial score (nSPS) is 10.3. The van der Waals surface area contributed by atoms with E-state index >= 15 is 0 Å². The second-order valence-electron chi connectivity index (χ2n) is 6.39. The molecule has 0 atom stereocenters. The highest BCUT2D eigenvalue weighted by molar-refractivity contribution is 6.04. The first-order chi connectivity index (χ1) is 14.0. The molecule has 0 radical (unpaired) electrons. The van der Waals surface area contributed by atoms with E-state index in [1.54, 1.807) is 31.4 Å². The minimum atomic E-state index is -0.510. The van der Waals surface area contributed by atoms with Gasteiger partial charge < -0.3 is 14.8 Å². The number of aryl methyl sites for hydroxylation is 1. The molecule has 0 fully saturated rings. The smallest absolute Gasteiger partial charge is 0.271 e. The Hall–Kier alpha value is -3.87. The third-order valence-electron chi connectivity index (χ3n) is 4.24. The number of anilines is 1. The van der Waals surface area contributed by atoms with Gasteiger partial charge in [-0.15, -0.1) is 0 Å². The molecule has 3 rings (SSSR count). The summed E-state index contributed by atoms with van der Waals surface area (Å²) in [6.07, 6.45) is 0. The Morgan fingerprint density at radius 1 is 1.07 bits per heavy atom. The van der Waals surface area contributed by atoms with Gasteiger partial charge in [-0.2, -0.15) is 0 Å². The predicted octanol–water partition coefficient (Wildman–Crippen LogP) is 4.74. The molecule has 0 spiro atoms. The van der Waals surface area contributed by atoms with Crippen LogP contribution in [0, 0.1) is 17.0 Å². The Balaban J connectivity index is 1.77. The first-order valence-electron chi connectivity index (χ1n) is 8.88. The SMILES string of the molecule is COc1ccc(C(=O)Nc2cccc([N+](=O)[O-])c2)cc1COc1cccc(C)c1. The molecular weight excluding hydrogens is 372 g/mol. The number of ether oxygens (including phenoxy) is 2. The molecule has 7 heteroatoms. The Morgan fingerprint density at radius 3 is 2.59 bits per heavy atom. The Bertz CT molecular complexity index is 1050. The fourth-order valence-corrected chi connectivity index (χ4v) is 2.80. The van der Waals surface area contributed by atoms with Crippen molar-refractivity contribution in [1.82, 2.24) is 0 Å². The van der Waals surface area contributed by atoms with E-state index in [-0.39, 0.29) is 18.2 Å². The zero-order chi connectivity index (χ0) is 20.8. The number of rotatable bonds is 7. The third kappa shape index (κ3) is 5.10. The molecule has 0 aliphatic rings. The van der Waals surface area contributed by atoms with Gasteiger partial charge in [0.1, 0.15) is 18.1 Å². The lowest BCUT2D eigenvalue weighted by atomic mass is 10.1. The van der Waals surface area contributed by atoms with Crippen LogP contribution in [0.4, 0.5) is 11.4 Å². The number of nitrogens with zero attached hydrogens (tertiary/aromatic N) is 1. The number of non-ortho nitro benzene ring substituents is 1. The molecule has 0 saturated carbocycles. The first kappa shape index (κ1) is 19.9. The Labute approximate surface area is 168 Å². The van der Waals surface area contributed by atoms with E-state index in [9.17, 15) is 14.9 Å². The van der Waals surface area contributed by atoms with E-state index in [1.165, 1.54) is 18.2 Å². The maximum atomic E-state index is 12.6. The van der Waals surface area contributed by atoms with Gasteiger partial charge in [-0.1, -0.05) is 18.2 Å². The van der Waals surface area contributed by atoms with Crippen LogP contribution in [0.25, 0.3) is 0 Å². The summed E-state index contributed by atoms with van der Waals surface area (Å²) in [4.78, 5) is 23.0. The van der Waals surface area contributed by atoms with E-state index in [4.69, 9.17) is 9.47 Å². The van der Waals surface area contributed by atoms with Gasteiger partial charge in [-0.3, -0.25) is 14.9 Å². The van der Waals surface area contributed by atoms with Gasteiger partial charge in [0.05, 0.1) is 12.0 Å². The number of carbonyl (C=O) groups excluding carboxylic acids is 1. The van der Waals surface area contributed by atoms with Crippen LogP contribution in [-0.4, -0.2) is 17.9 Å². The lowest BCUT2D eigenvalue weighted by Gasteiger charge is -2.13. The molecule has 0 unspecified atom stereocenters. The van der Waals surface area contributed by atoms with Gasteiger partial charge in [0.25, 0.3) is 11.6 Å². The lowest BCUT2D eigenvalue weighted by molar-refractivity contribution is -0.384. The van der Waals surface area contributed by atoms with Crippen LogP contribution in [0.3, 0.4) is 0 Å². The predicted molar refractivity (Wildman–Crippen MR) is 110 cm³/mol. The molecule has 1 N–H and O–H groups in total. The van der Waals surface area contributed by atoms with E-state index in [1.807, 2.05) is 31.2 Å². The van der Waals surface area contributed by atoms with Crippen LogP contribution < -0.4 is 14.8 Å². The van der Waals surface area contributed by atoms with Crippen molar-refractivity contribution in [3.63, 3.8) is 0 Å². The highest BCUT2D eigenvalue weighted by Gasteiger charge is 2.13. The van der Waals surface area contributed by atoms with Gasteiger partial charge in [0.15, 0.2) is 0 Å². The zero-order valence-electron chi connectivity index (χ0n) is 16.0. The number of amides is 1. The van der Waals surface area contributed by atoms with Crippen molar-refractivity contribution in [2.24, 2.45) is 0 Å². The quantitative estimate of drug-likeness (QED) is 0.463. The van der Waals surface area contributed by atoms with E-state index in [2.05, 4.69) is 5.32 Å². The van der Waals surface area contributed by atoms with Crippen molar-refractivity contribution in [1.29, 1.82) is 0 Å². The second-order valence-corrected chi connectivity index (χ2v) is 6.39. The number of nitrogens with one attached hydrogen (secondary N) is 1. The molecule has 0 bridgehead atoms. The summed E-state index contributed by atoms with van der Waals surface area (Å²) in [5.74, 6) is 0.938. The molecule has 0 aromatic heterocycles. The molecule has 0 aliphatic heterocycles. The average Bonchev–Trinajstić information content (AvgIpc) is 2.72. The summed E-state index contributed by atoms with van der Waals surface area (Å²) in [5.41, 5.74) is 2.43. The Morgan fingerprint density at radius 2 is 1.86 bits per heavy atom. The fourth-order valence-electron chi connectivity index (χ4n) is 2.80. The van der Waals surface area contributed by atoms with Crippen LogP contribution in [0.1, 0.15) is 21.5 Å². The second kappa shape index (κ2) is 8.88. The number of hydrogen-bond acceptors (Lipinski definition) is 5. The fraction of sp³-hybridized carbons (Fsp3) is 0.136. The van der Waals surface area contributed by atoms with Gasteiger partial charge in [-0.25, -0.2) is 0 Å². The van der Waals surface area contributed by atoms with Crippen molar-refractivity contribution in [3.05, 3.63) is 93.5 Å². The number of nitro groups is 1. The molecule has 7 nitrogen and oxygen atoms in total. The van der Waals surface area contributed by atoms with Crippen molar-refractivity contribution in [2.45, 2.75) is 13.5 Å². The van der Waals surface area contributed by atoms with E-state index in [0.29, 0.717) is 22.6 Å². The van der Waals surface area contributed by atoms with Crippen molar-refractivity contribution >= 4 is 17.3 Å². The topological polar surface area (TPSA) is 90.7 Å². The van der Waals surface area contributed by atoms with Crippen LogP contribution in [-0.2, 0) is 6.61 Å². The summed E-state index contributed by atoms with van der Waals surface area (Å²) in [7, 11) is 1.55. The minimum Gasteiger partial charge on any atom is -0.496 e. The van der Waals surface area contributed by atoms with Crippen molar-refractivity contribution in [3.8, 4) is 11.5 Å². The van der Waals surface area contributed by atoms with Gasteiger partial charge in [0, 0.05) is 28.9 Å². The zero-order valence-corrected chi connectivity index (χ0v) is 16.0. The lowest BCUT2D eigenvalue weighted by Crippen LogP contribution is -2.13. The van der Waals surface area contributed by atoms with Crippen LogP contribution in [0.2, 0.25) is 0 Å². The largest absolute Gasteiger partial charge is 0.496 e. The van der Waals surface area contributed by atoms with Gasteiger partial charge in [0.2, 0.25) is 0 Å². The van der Waals surface area contributed by atoms with Crippen LogP contribution in [0.15, 0.2) is 66.7 Å². The first-order valence-corrected chi connectivity index (χ1v) is 8.88. The minimum absolute atomic E-state index is 0.0928. The molecule has 3 aromatic rings. The van der Waals surface area contributed by atoms with Crippen molar-refractivity contribution < 1.29 is 19.2 Å². The molecule has 29 heavy (non-hydrogen) atoms. The molecule has 148 valence electrons. The molecule has 3 aromatic carbocycles. The highest BCUT2D eigenvalue weighted by atomic mass is 16.6. The third-order valence-corrected chi connectivity index (χ3v) is 4.24. The number of carbonyl (C=O) groups is 1. The summed E-state index contributed by atoms with van der Waals surface area (Å²) in [5, 5.41) is 13.6. The maximum absolute atomic E-state index is 12.6. The number of hydrogen-bond donors (Lipinski definition) is 1. The molecule has 0 aliphatic carbocycles.